The highest BCUT2D eigenvalue weighted by atomic mass is 35.5. The molecule has 1 aliphatic rings. The predicted molar refractivity (Wildman–Crippen MR) is 74.9 cm³/mol. The molecule has 0 unspecified atom stereocenters. The lowest BCUT2D eigenvalue weighted by Crippen LogP contribution is -1.98. The molecule has 0 aromatic carbocycles. The maximum atomic E-state index is 12.7. The van der Waals surface area contributed by atoms with Crippen LogP contribution < -0.4 is 0 Å². The third kappa shape index (κ3) is 2.15. The normalized spacial score (nSPS) is 20.9. The van der Waals surface area contributed by atoms with Crippen molar-refractivity contribution in [3.8, 4) is 0 Å². The molecule has 3 aromatic heterocycles. The van der Waals surface area contributed by atoms with Gasteiger partial charge in [0.1, 0.15) is 11.8 Å². The van der Waals surface area contributed by atoms with Gasteiger partial charge in [0.15, 0.2) is 11.5 Å². The number of nitrogens with zero attached hydrogens (tertiary/aromatic N) is 5. The minimum atomic E-state index is -0.642. The Hall–Kier alpha value is -2.08. The van der Waals surface area contributed by atoms with E-state index in [0.29, 0.717) is 5.15 Å². The highest BCUT2D eigenvalue weighted by Crippen LogP contribution is 2.54. The van der Waals surface area contributed by atoms with Crippen LogP contribution in [0.25, 0.3) is 5.65 Å². The van der Waals surface area contributed by atoms with Crippen molar-refractivity contribution in [2.24, 2.45) is 0 Å². The smallest absolute Gasteiger partial charge is 0.159 e. The molecule has 106 valence electrons. The molecule has 0 amide bonds. The number of aromatic nitrogens is 5. The van der Waals surface area contributed by atoms with E-state index in [9.17, 15) is 4.39 Å². The molecule has 21 heavy (non-hydrogen) atoms. The van der Waals surface area contributed by atoms with E-state index in [2.05, 4.69) is 20.1 Å². The number of alkyl halides is 1. The van der Waals surface area contributed by atoms with Gasteiger partial charge in [-0.2, -0.15) is 5.10 Å². The van der Waals surface area contributed by atoms with E-state index in [1.165, 1.54) is 0 Å². The fourth-order valence-electron chi connectivity index (χ4n) is 2.73. The molecular formula is C14H11ClFN5. The summed E-state index contributed by atoms with van der Waals surface area (Å²) < 4.78 is 14.3. The van der Waals surface area contributed by atoms with E-state index < -0.39 is 6.67 Å². The molecule has 4 rings (SSSR count). The van der Waals surface area contributed by atoms with Crippen molar-refractivity contribution >= 4 is 17.2 Å². The van der Waals surface area contributed by atoms with Gasteiger partial charge in [0.2, 0.25) is 0 Å². The van der Waals surface area contributed by atoms with Crippen LogP contribution >= 0.6 is 11.6 Å². The van der Waals surface area contributed by atoms with Gasteiger partial charge in [-0.05, 0) is 24.5 Å². The number of imidazole rings is 1. The molecule has 3 heterocycles. The Morgan fingerprint density at radius 3 is 3.05 bits per heavy atom. The SMILES string of the molecule is FCc1nccc([C@H]2C[C@@H]2c2cc(Cl)nn3ccnc23)n1. The van der Waals surface area contributed by atoms with E-state index in [0.717, 1.165) is 23.3 Å². The average Bonchev–Trinajstić information content (AvgIpc) is 3.17. The van der Waals surface area contributed by atoms with Crippen molar-refractivity contribution < 1.29 is 4.39 Å². The second-order valence-corrected chi connectivity index (χ2v) is 5.49. The molecule has 0 spiro atoms. The minimum absolute atomic E-state index is 0.233. The van der Waals surface area contributed by atoms with Crippen LogP contribution in [0, 0.1) is 0 Å². The number of hydrogen-bond acceptors (Lipinski definition) is 4. The first-order valence-corrected chi connectivity index (χ1v) is 7.01. The minimum Gasteiger partial charge on any atom is -0.242 e. The van der Waals surface area contributed by atoms with Gasteiger partial charge < -0.3 is 0 Å². The molecule has 5 nitrogen and oxygen atoms in total. The van der Waals surface area contributed by atoms with Gasteiger partial charge in [0.05, 0.1) is 0 Å². The zero-order valence-electron chi connectivity index (χ0n) is 10.9. The summed E-state index contributed by atoms with van der Waals surface area (Å²) in [5.41, 5.74) is 2.75. The standard InChI is InChI=1S/C14H11ClFN5/c15-12-6-10(14-18-3-4-21(14)20-12)8-5-9(8)11-1-2-17-13(7-16)19-11/h1-4,6,8-9H,5,7H2/t8-,9-/m0/s1. The summed E-state index contributed by atoms with van der Waals surface area (Å²) in [6.07, 6.45) is 6.03. The lowest BCUT2D eigenvalue weighted by molar-refractivity contribution is 0.464. The van der Waals surface area contributed by atoms with Crippen LogP contribution in [0.2, 0.25) is 5.15 Å². The van der Waals surface area contributed by atoms with Crippen molar-refractivity contribution in [2.75, 3.05) is 0 Å². The van der Waals surface area contributed by atoms with Crippen molar-refractivity contribution in [2.45, 2.75) is 24.9 Å². The van der Waals surface area contributed by atoms with Crippen LogP contribution in [-0.2, 0) is 6.67 Å². The largest absolute Gasteiger partial charge is 0.242 e. The van der Waals surface area contributed by atoms with Crippen molar-refractivity contribution in [3.05, 3.63) is 53.0 Å². The quantitative estimate of drug-likeness (QED) is 0.746. The van der Waals surface area contributed by atoms with Crippen molar-refractivity contribution in [1.29, 1.82) is 0 Å². The Morgan fingerprint density at radius 1 is 1.29 bits per heavy atom. The fraction of sp³-hybridized carbons (Fsp3) is 0.286. The summed E-state index contributed by atoms with van der Waals surface area (Å²) in [7, 11) is 0. The topological polar surface area (TPSA) is 56.0 Å². The van der Waals surface area contributed by atoms with Gasteiger partial charge in [-0.25, -0.2) is 23.9 Å². The summed E-state index contributed by atoms with van der Waals surface area (Å²) in [5, 5.41) is 4.61. The van der Waals surface area contributed by atoms with Crippen LogP contribution in [0.15, 0.2) is 30.7 Å². The zero-order chi connectivity index (χ0) is 14.4. The number of halogens is 2. The van der Waals surface area contributed by atoms with E-state index >= 15 is 0 Å². The molecule has 1 aliphatic carbocycles. The Labute approximate surface area is 124 Å². The molecule has 0 saturated heterocycles. The molecule has 1 saturated carbocycles. The number of fused-ring (bicyclic) bond motifs is 1. The lowest BCUT2D eigenvalue weighted by atomic mass is 10.1. The Morgan fingerprint density at radius 2 is 2.19 bits per heavy atom. The molecule has 0 aliphatic heterocycles. The van der Waals surface area contributed by atoms with Gasteiger partial charge in [-0.1, -0.05) is 11.6 Å². The lowest BCUT2D eigenvalue weighted by Gasteiger charge is -2.04. The van der Waals surface area contributed by atoms with Gasteiger partial charge in [-0.15, -0.1) is 0 Å². The van der Waals surface area contributed by atoms with Crippen molar-refractivity contribution in [1.82, 2.24) is 24.6 Å². The van der Waals surface area contributed by atoms with Gasteiger partial charge >= 0.3 is 0 Å². The second kappa shape index (κ2) is 4.73. The van der Waals surface area contributed by atoms with Gasteiger partial charge in [0, 0.05) is 35.8 Å². The maximum absolute atomic E-state index is 12.7. The Bertz CT molecular complexity index is 818. The summed E-state index contributed by atoms with van der Waals surface area (Å²) >= 11 is 6.06. The zero-order valence-corrected chi connectivity index (χ0v) is 11.7. The first-order valence-electron chi connectivity index (χ1n) is 6.64. The summed E-state index contributed by atoms with van der Waals surface area (Å²) in [5.74, 6) is 0.784. The van der Waals surface area contributed by atoms with E-state index in [1.807, 2.05) is 12.1 Å². The monoisotopic (exact) mass is 303 g/mol. The summed E-state index contributed by atoms with van der Waals surface area (Å²) in [4.78, 5) is 12.5. The van der Waals surface area contributed by atoms with Crippen LogP contribution in [0.1, 0.15) is 35.3 Å². The second-order valence-electron chi connectivity index (χ2n) is 5.10. The summed E-state index contributed by atoms with van der Waals surface area (Å²) in [6, 6.07) is 3.70. The molecule has 3 aromatic rings. The van der Waals surface area contributed by atoms with E-state index in [4.69, 9.17) is 11.6 Å². The number of hydrogen-bond donors (Lipinski definition) is 0. The van der Waals surface area contributed by atoms with Crippen molar-refractivity contribution in [3.63, 3.8) is 0 Å². The molecule has 0 N–H and O–H groups in total. The maximum Gasteiger partial charge on any atom is 0.159 e. The van der Waals surface area contributed by atoms with Crippen LogP contribution in [-0.4, -0.2) is 24.6 Å². The molecule has 0 bridgehead atoms. The number of rotatable bonds is 3. The first-order chi connectivity index (χ1) is 10.3. The first kappa shape index (κ1) is 12.6. The predicted octanol–water partition coefficient (Wildman–Crippen LogP) is 2.91. The molecular weight excluding hydrogens is 293 g/mol. The highest BCUT2D eigenvalue weighted by Gasteiger charge is 2.42. The molecule has 1 fully saturated rings. The fourth-order valence-corrected chi connectivity index (χ4v) is 2.93. The van der Waals surface area contributed by atoms with E-state index in [1.54, 1.807) is 23.1 Å². The molecule has 7 heteroatoms. The van der Waals surface area contributed by atoms with Crippen LogP contribution in [0.4, 0.5) is 4.39 Å². The Balaban J connectivity index is 1.70. The molecule has 0 radical (unpaired) electrons. The average molecular weight is 304 g/mol. The van der Waals surface area contributed by atoms with Crippen LogP contribution in [0.5, 0.6) is 0 Å². The molecule has 2 atom stereocenters. The highest BCUT2D eigenvalue weighted by molar-refractivity contribution is 6.29. The van der Waals surface area contributed by atoms with Crippen LogP contribution in [0.3, 0.4) is 0 Å². The third-order valence-corrected chi connectivity index (χ3v) is 3.96. The third-order valence-electron chi connectivity index (χ3n) is 3.77. The van der Waals surface area contributed by atoms with Gasteiger partial charge in [-0.3, -0.25) is 0 Å². The van der Waals surface area contributed by atoms with E-state index in [-0.39, 0.29) is 17.7 Å². The summed E-state index contributed by atoms with van der Waals surface area (Å²) in [6.45, 7) is -0.642. The Kier molecular flexibility index (Phi) is 2.85. The van der Waals surface area contributed by atoms with Gasteiger partial charge in [0.25, 0.3) is 0 Å².